The molecule has 0 spiro atoms. The molecule has 1 aromatic heterocycles. The van der Waals surface area contributed by atoms with E-state index in [9.17, 15) is 13.2 Å². The zero-order chi connectivity index (χ0) is 16.3. The lowest BCUT2D eigenvalue weighted by atomic mass is 10.2. The smallest absolute Gasteiger partial charge is 0.254 e. The standard InChI is InChI=1S/C16H18N2O3S2/c19-16(15-6-11-22-12-15)17-7-9-18(10-8-17)23(20,21)13-14-4-2-1-3-5-14/h1-6,11-12H,7-10,13H2. The first-order valence-corrected chi connectivity index (χ1v) is 9.95. The van der Waals surface area contributed by atoms with Gasteiger partial charge in [-0.05, 0) is 17.0 Å². The van der Waals surface area contributed by atoms with Crippen LogP contribution in [0.3, 0.4) is 0 Å². The summed E-state index contributed by atoms with van der Waals surface area (Å²) in [5.74, 6) is -0.0156. The summed E-state index contributed by atoms with van der Waals surface area (Å²) in [6.07, 6.45) is 0. The SMILES string of the molecule is O=C(c1ccsc1)N1CCN(S(=O)(=O)Cc2ccccc2)CC1. The molecule has 0 unspecified atom stereocenters. The average Bonchev–Trinajstić information content (AvgIpc) is 3.09. The monoisotopic (exact) mass is 350 g/mol. The second-order valence-electron chi connectivity index (χ2n) is 5.45. The predicted molar refractivity (Wildman–Crippen MR) is 90.9 cm³/mol. The van der Waals surface area contributed by atoms with Crippen molar-refractivity contribution >= 4 is 27.3 Å². The predicted octanol–water partition coefficient (Wildman–Crippen LogP) is 2.04. The van der Waals surface area contributed by atoms with Gasteiger partial charge in [-0.1, -0.05) is 30.3 Å². The summed E-state index contributed by atoms with van der Waals surface area (Å²) in [5, 5.41) is 3.69. The number of sulfonamides is 1. The molecule has 2 heterocycles. The van der Waals surface area contributed by atoms with Crippen molar-refractivity contribution in [1.82, 2.24) is 9.21 Å². The van der Waals surface area contributed by atoms with Crippen molar-refractivity contribution in [3.05, 3.63) is 58.3 Å². The van der Waals surface area contributed by atoms with Crippen molar-refractivity contribution in [2.24, 2.45) is 0 Å². The Kier molecular flexibility index (Phi) is 4.79. The van der Waals surface area contributed by atoms with E-state index >= 15 is 0 Å². The van der Waals surface area contributed by atoms with Gasteiger partial charge in [0.05, 0.1) is 11.3 Å². The van der Waals surface area contributed by atoms with Crippen LogP contribution in [-0.4, -0.2) is 49.7 Å². The van der Waals surface area contributed by atoms with Crippen LogP contribution in [0.1, 0.15) is 15.9 Å². The molecule has 1 saturated heterocycles. The van der Waals surface area contributed by atoms with E-state index in [2.05, 4.69) is 0 Å². The molecule has 1 aromatic carbocycles. The summed E-state index contributed by atoms with van der Waals surface area (Å²) < 4.78 is 26.5. The minimum Gasteiger partial charge on any atom is -0.336 e. The first kappa shape index (κ1) is 16.2. The fourth-order valence-corrected chi connectivity index (χ4v) is 4.76. The minimum atomic E-state index is -3.34. The van der Waals surface area contributed by atoms with Gasteiger partial charge in [0.25, 0.3) is 5.91 Å². The van der Waals surface area contributed by atoms with Crippen LogP contribution in [-0.2, 0) is 15.8 Å². The van der Waals surface area contributed by atoms with E-state index in [1.807, 2.05) is 41.1 Å². The van der Waals surface area contributed by atoms with Crippen molar-refractivity contribution in [2.45, 2.75) is 5.75 Å². The molecule has 1 aliphatic rings. The number of amides is 1. The summed E-state index contributed by atoms with van der Waals surface area (Å²) in [5.41, 5.74) is 1.46. The molecule has 2 aromatic rings. The second-order valence-corrected chi connectivity index (χ2v) is 8.19. The Morgan fingerprint density at radius 1 is 1.04 bits per heavy atom. The van der Waals surface area contributed by atoms with Crippen LogP contribution in [0.4, 0.5) is 0 Å². The van der Waals surface area contributed by atoms with Gasteiger partial charge < -0.3 is 4.90 Å². The maximum absolute atomic E-state index is 12.5. The Balaban J connectivity index is 1.61. The van der Waals surface area contributed by atoms with E-state index in [0.29, 0.717) is 31.7 Å². The molecule has 23 heavy (non-hydrogen) atoms. The van der Waals surface area contributed by atoms with Gasteiger partial charge in [0, 0.05) is 31.6 Å². The van der Waals surface area contributed by atoms with Crippen molar-refractivity contribution in [3.63, 3.8) is 0 Å². The molecule has 7 heteroatoms. The molecule has 1 amide bonds. The van der Waals surface area contributed by atoms with Crippen LogP contribution >= 0.6 is 11.3 Å². The number of benzene rings is 1. The molecule has 0 saturated carbocycles. The van der Waals surface area contributed by atoms with Crippen molar-refractivity contribution in [2.75, 3.05) is 26.2 Å². The van der Waals surface area contributed by atoms with E-state index in [1.165, 1.54) is 15.6 Å². The van der Waals surface area contributed by atoms with Gasteiger partial charge in [0.15, 0.2) is 0 Å². The largest absolute Gasteiger partial charge is 0.336 e. The van der Waals surface area contributed by atoms with E-state index in [-0.39, 0.29) is 11.7 Å². The van der Waals surface area contributed by atoms with Crippen molar-refractivity contribution in [1.29, 1.82) is 0 Å². The summed E-state index contributed by atoms with van der Waals surface area (Å²) in [7, 11) is -3.34. The lowest BCUT2D eigenvalue weighted by Gasteiger charge is -2.34. The van der Waals surface area contributed by atoms with E-state index < -0.39 is 10.0 Å². The lowest BCUT2D eigenvalue weighted by Crippen LogP contribution is -2.50. The number of rotatable bonds is 4. The Morgan fingerprint density at radius 3 is 2.35 bits per heavy atom. The zero-order valence-corrected chi connectivity index (χ0v) is 14.2. The third-order valence-corrected chi connectivity index (χ3v) is 6.41. The van der Waals surface area contributed by atoms with E-state index in [0.717, 1.165) is 5.56 Å². The number of carbonyl (C=O) groups is 1. The number of piperazine rings is 1. The third-order valence-electron chi connectivity index (χ3n) is 3.88. The Hall–Kier alpha value is -1.70. The summed E-state index contributed by atoms with van der Waals surface area (Å²) >= 11 is 1.48. The first-order valence-electron chi connectivity index (χ1n) is 7.39. The van der Waals surface area contributed by atoms with Gasteiger partial charge in [-0.2, -0.15) is 15.6 Å². The fourth-order valence-electron chi connectivity index (χ4n) is 2.61. The van der Waals surface area contributed by atoms with Gasteiger partial charge in [-0.25, -0.2) is 8.42 Å². The summed E-state index contributed by atoms with van der Waals surface area (Å²) in [6, 6.07) is 11.0. The van der Waals surface area contributed by atoms with Gasteiger partial charge in [-0.15, -0.1) is 0 Å². The second kappa shape index (κ2) is 6.82. The first-order chi connectivity index (χ1) is 11.1. The van der Waals surface area contributed by atoms with Crippen molar-refractivity contribution in [3.8, 4) is 0 Å². The Bertz CT molecular complexity index is 750. The number of hydrogen-bond donors (Lipinski definition) is 0. The highest BCUT2D eigenvalue weighted by Crippen LogP contribution is 2.16. The topological polar surface area (TPSA) is 57.7 Å². The normalized spacial score (nSPS) is 16.4. The van der Waals surface area contributed by atoms with Crippen LogP contribution < -0.4 is 0 Å². The highest BCUT2D eigenvalue weighted by atomic mass is 32.2. The summed E-state index contributed by atoms with van der Waals surface area (Å²) in [4.78, 5) is 14.0. The fraction of sp³-hybridized carbons (Fsp3) is 0.312. The molecule has 0 radical (unpaired) electrons. The highest BCUT2D eigenvalue weighted by molar-refractivity contribution is 7.88. The minimum absolute atomic E-state index is 0.00627. The Morgan fingerprint density at radius 2 is 1.74 bits per heavy atom. The van der Waals surface area contributed by atoms with Gasteiger partial charge >= 0.3 is 0 Å². The summed E-state index contributed by atoms with van der Waals surface area (Å²) in [6.45, 7) is 1.57. The van der Waals surface area contributed by atoms with Crippen molar-refractivity contribution < 1.29 is 13.2 Å². The van der Waals surface area contributed by atoms with Gasteiger partial charge in [0.1, 0.15) is 0 Å². The molecule has 1 fully saturated rings. The maximum atomic E-state index is 12.5. The number of hydrogen-bond acceptors (Lipinski definition) is 4. The third kappa shape index (κ3) is 3.80. The molecule has 0 atom stereocenters. The molecular weight excluding hydrogens is 332 g/mol. The van der Waals surface area contributed by atoms with Crippen LogP contribution in [0.25, 0.3) is 0 Å². The molecule has 122 valence electrons. The van der Waals surface area contributed by atoms with Crippen LogP contribution in [0.15, 0.2) is 47.2 Å². The molecule has 5 nitrogen and oxygen atoms in total. The van der Waals surface area contributed by atoms with Crippen LogP contribution in [0.2, 0.25) is 0 Å². The molecule has 0 aliphatic carbocycles. The molecule has 0 bridgehead atoms. The van der Waals surface area contributed by atoms with E-state index in [4.69, 9.17) is 0 Å². The quantitative estimate of drug-likeness (QED) is 0.848. The Labute approximate surface area is 140 Å². The lowest BCUT2D eigenvalue weighted by molar-refractivity contribution is 0.0698. The maximum Gasteiger partial charge on any atom is 0.254 e. The molecule has 1 aliphatic heterocycles. The highest BCUT2D eigenvalue weighted by Gasteiger charge is 2.29. The van der Waals surface area contributed by atoms with Crippen LogP contribution in [0, 0.1) is 0 Å². The number of carbonyl (C=O) groups excluding carboxylic acids is 1. The van der Waals surface area contributed by atoms with Gasteiger partial charge in [0.2, 0.25) is 10.0 Å². The van der Waals surface area contributed by atoms with Crippen LogP contribution in [0.5, 0.6) is 0 Å². The molecule has 3 rings (SSSR count). The number of thiophene rings is 1. The molecule has 0 N–H and O–H groups in total. The molecular formula is C16H18N2O3S2. The van der Waals surface area contributed by atoms with E-state index in [1.54, 1.807) is 11.0 Å². The van der Waals surface area contributed by atoms with Gasteiger partial charge in [-0.3, -0.25) is 4.79 Å². The zero-order valence-electron chi connectivity index (χ0n) is 12.6. The number of nitrogens with zero attached hydrogens (tertiary/aromatic N) is 2. The average molecular weight is 350 g/mol.